The smallest absolute Gasteiger partial charge is 0.414 e. The number of halogens is 2. The second kappa shape index (κ2) is 8.39. The molecule has 0 radical (unpaired) electrons. The van der Waals surface area contributed by atoms with Crippen molar-refractivity contribution in [3.05, 3.63) is 33.8 Å². The lowest BCUT2D eigenvalue weighted by Crippen LogP contribution is -3.18. The molecule has 5 nitrogen and oxygen atoms in total. The van der Waals surface area contributed by atoms with Gasteiger partial charge in [-0.3, -0.25) is 10.1 Å². The minimum Gasteiger partial charge on any atom is -0.449 e. The Kier molecular flexibility index (Phi) is 6.20. The molecule has 2 aliphatic rings. The minimum absolute atomic E-state index is 0.198. The summed E-state index contributed by atoms with van der Waals surface area (Å²) in [6.07, 6.45) is 5.27. The van der Waals surface area contributed by atoms with Crippen LogP contribution < -0.4 is 10.2 Å². The van der Waals surface area contributed by atoms with E-state index in [1.165, 1.54) is 50.9 Å². The Labute approximate surface area is 157 Å². The van der Waals surface area contributed by atoms with Gasteiger partial charge < -0.3 is 9.64 Å². The largest absolute Gasteiger partial charge is 0.449 e. The van der Waals surface area contributed by atoms with Crippen molar-refractivity contribution in [2.75, 3.05) is 19.7 Å². The molecule has 136 valence electrons. The first kappa shape index (κ1) is 18.5. The predicted molar refractivity (Wildman–Crippen MR) is 96.3 cm³/mol. The van der Waals surface area contributed by atoms with Crippen molar-refractivity contribution in [3.63, 3.8) is 0 Å². The first-order chi connectivity index (χ1) is 12.0. The van der Waals surface area contributed by atoms with Gasteiger partial charge in [0, 0.05) is 10.9 Å². The van der Waals surface area contributed by atoms with E-state index in [9.17, 15) is 9.59 Å². The fraction of sp³-hybridized carbons (Fsp3) is 0.556. The highest BCUT2D eigenvalue weighted by Gasteiger charge is 2.37. The number of piperidine rings is 2. The topological polar surface area (TPSA) is 59.8 Å². The molecule has 2 aliphatic heterocycles. The molecule has 2 saturated heterocycles. The summed E-state index contributed by atoms with van der Waals surface area (Å²) in [5.41, 5.74) is 0.198. The number of benzene rings is 1. The van der Waals surface area contributed by atoms with Crippen molar-refractivity contribution >= 4 is 35.2 Å². The average Bonchev–Trinajstić information content (AvgIpc) is 2.59. The third kappa shape index (κ3) is 4.66. The molecule has 7 heteroatoms. The van der Waals surface area contributed by atoms with Gasteiger partial charge in [-0.2, -0.15) is 0 Å². The molecule has 0 bridgehead atoms. The van der Waals surface area contributed by atoms with Gasteiger partial charge in [-0.15, -0.1) is 0 Å². The highest BCUT2D eigenvalue weighted by atomic mass is 35.5. The molecule has 2 amide bonds. The van der Waals surface area contributed by atoms with Crippen LogP contribution in [0.3, 0.4) is 0 Å². The maximum absolute atomic E-state index is 12.1. The lowest BCUT2D eigenvalue weighted by atomic mass is 9.84. The number of nitrogens with one attached hydrogen (secondary N) is 2. The van der Waals surface area contributed by atoms with Gasteiger partial charge in [0.1, 0.15) is 6.61 Å². The molecule has 0 aromatic heterocycles. The van der Waals surface area contributed by atoms with Crippen molar-refractivity contribution in [2.45, 2.75) is 38.1 Å². The average molecular weight is 386 g/mol. The molecule has 2 heterocycles. The maximum Gasteiger partial charge on any atom is 0.414 e. The third-order valence-electron chi connectivity index (χ3n) is 5.25. The van der Waals surface area contributed by atoms with Gasteiger partial charge in [0.25, 0.3) is 5.91 Å². The minimum atomic E-state index is -0.723. The third-order valence-corrected chi connectivity index (χ3v) is 5.80. The zero-order valence-electron chi connectivity index (χ0n) is 14.0. The molecule has 0 aliphatic carbocycles. The van der Waals surface area contributed by atoms with Crippen LogP contribution in [-0.2, 0) is 4.74 Å². The highest BCUT2D eigenvalue weighted by Crippen LogP contribution is 2.22. The summed E-state index contributed by atoms with van der Waals surface area (Å²) < 4.78 is 5.33. The van der Waals surface area contributed by atoms with Crippen molar-refractivity contribution in [2.24, 2.45) is 5.92 Å². The standard InChI is InChI=1S/C18H22Cl2N2O3/c19-13-6-7-14(15(20)10-13)17(23)21-18(24)25-11-12-4-3-9-22-8-2-1-5-16(12)22/h6-7,10,12,16H,1-5,8-9,11H2,(H,21,23,24)/p+1. The van der Waals surface area contributed by atoms with Crippen LogP contribution in [0.15, 0.2) is 18.2 Å². The fourth-order valence-electron chi connectivity index (χ4n) is 4.03. The van der Waals surface area contributed by atoms with Crippen molar-refractivity contribution in [1.82, 2.24) is 5.32 Å². The molecular weight excluding hydrogens is 363 g/mol. The zero-order chi connectivity index (χ0) is 17.8. The molecule has 1 aromatic rings. The second-order valence-corrected chi connectivity index (χ2v) is 7.68. The molecular formula is C18H23Cl2N2O3+. The Morgan fingerprint density at radius 2 is 1.96 bits per heavy atom. The number of quaternary nitrogens is 1. The number of fused-ring (bicyclic) bond motifs is 1. The molecule has 0 spiro atoms. The van der Waals surface area contributed by atoms with E-state index in [1.807, 2.05) is 0 Å². The molecule has 1 aromatic carbocycles. The summed E-state index contributed by atoms with van der Waals surface area (Å²) in [5, 5.41) is 2.87. The zero-order valence-corrected chi connectivity index (χ0v) is 15.5. The van der Waals surface area contributed by atoms with Crippen LogP contribution in [-0.4, -0.2) is 37.7 Å². The van der Waals surface area contributed by atoms with Crippen molar-refractivity contribution in [1.29, 1.82) is 0 Å². The summed E-state index contributed by atoms with van der Waals surface area (Å²) in [7, 11) is 0. The Bertz CT molecular complexity index is 651. The van der Waals surface area contributed by atoms with Gasteiger partial charge >= 0.3 is 6.09 Å². The normalized spacial score (nSPS) is 25.8. The van der Waals surface area contributed by atoms with Crippen LogP contribution in [0.25, 0.3) is 0 Å². The van der Waals surface area contributed by atoms with E-state index in [0.717, 1.165) is 6.42 Å². The monoisotopic (exact) mass is 385 g/mol. The van der Waals surface area contributed by atoms with E-state index in [4.69, 9.17) is 27.9 Å². The van der Waals surface area contributed by atoms with Crippen LogP contribution in [0.1, 0.15) is 42.5 Å². The maximum atomic E-state index is 12.1. The first-order valence-electron chi connectivity index (χ1n) is 8.82. The van der Waals surface area contributed by atoms with Crippen LogP contribution >= 0.6 is 23.2 Å². The quantitative estimate of drug-likeness (QED) is 0.840. The lowest BCUT2D eigenvalue weighted by Gasteiger charge is -2.40. The van der Waals surface area contributed by atoms with E-state index >= 15 is 0 Å². The Morgan fingerprint density at radius 1 is 1.16 bits per heavy atom. The van der Waals surface area contributed by atoms with Crippen LogP contribution in [0.4, 0.5) is 4.79 Å². The number of amides is 2. The van der Waals surface area contributed by atoms with Gasteiger partial charge in [-0.25, -0.2) is 4.79 Å². The summed E-state index contributed by atoms with van der Waals surface area (Å²) in [5.74, 6) is -0.204. The summed E-state index contributed by atoms with van der Waals surface area (Å²) in [6.45, 7) is 2.81. The summed E-state index contributed by atoms with van der Waals surface area (Å²) in [4.78, 5) is 25.7. The fourth-order valence-corrected chi connectivity index (χ4v) is 4.52. The number of ether oxygens (including phenoxy) is 1. The number of carbonyl (C=O) groups excluding carboxylic acids is 2. The molecule has 0 saturated carbocycles. The van der Waals surface area contributed by atoms with Crippen molar-refractivity contribution < 1.29 is 19.2 Å². The van der Waals surface area contributed by atoms with Gasteiger partial charge in [0.05, 0.1) is 29.7 Å². The van der Waals surface area contributed by atoms with Crippen LogP contribution in [0.5, 0.6) is 0 Å². The van der Waals surface area contributed by atoms with Crippen LogP contribution in [0, 0.1) is 5.92 Å². The first-order valence-corrected chi connectivity index (χ1v) is 9.58. The van der Waals surface area contributed by atoms with E-state index in [1.54, 1.807) is 11.0 Å². The van der Waals surface area contributed by atoms with Crippen LogP contribution in [0.2, 0.25) is 10.0 Å². The molecule has 25 heavy (non-hydrogen) atoms. The molecule has 2 N–H and O–H groups in total. The Morgan fingerprint density at radius 3 is 2.76 bits per heavy atom. The number of hydrogen-bond donors (Lipinski definition) is 2. The highest BCUT2D eigenvalue weighted by molar-refractivity contribution is 6.37. The number of alkyl carbamates (subject to hydrolysis) is 1. The summed E-state index contributed by atoms with van der Waals surface area (Å²) in [6, 6.07) is 5.08. The summed E-state index contributed by atoms with van der Waals surface area (Å²) >= 11 is 11.8. The van der Waals surface area contributed by atoms with E-state index < -0.39 is 12.0 Å². The van der Waals surface area contributed by atoms with Gasteiger partial charge in [-0.1, -0.05) is 23.2 Å². The predicted octanol–water partition coefficient (Wildman–Crippen LogP) is 2.71. The molecule has 3 unspecified atom stereocenters. The number of carbonyl (C=O) groups is 2. The molecule has 2 fully saturated rings. The van der Waals surface area contributed by atoms with E-state index in [0.29, 0.717) is 23.6 Å². The number of rotatable bonds is 3. The van der Waals surface area contributed by atoms with Gasteiger partial charge in [0.2, 0.25) is 0 Å². The van der Waals surface area contributed by atoms with E-state index in [-0.39, 0.29) is 10.6 Å². The molecule has 3 atom stereocenters. The second-order valence-electron chi connectivity index (χ2n) is 6.84. The molecule has 3 rings (SSSR count). The van der Waals surface area contributed by atoms with Crippen molar-refractivity contribution in [3.8, 4) is 0 Å². The van der Waals surface area contributed by atoms with Gasteiger partial charge in [-0.05, 0) is 50.3 Å². The SMILES string of the molecule is O=C(NC(=O)c1ccc(Cl)cc1Cl)OCC1CCC[NH+]2CCCCC12. The number of hydrogen-bond acceptors (Lipinski definition) is 3. The van der Waals surface area contributed by atoms with Gasteiger partial charge in [0.15, 0.2) is 0 Å². The van der Waals surface area contributed by atoms with E-state index in [2.05, 4.69) is 5.32 Å². The Balaban J connectivity index is 1.51. The lowest BCUT2D eigenvalue weighted by molar-refractivity contribution is -0.940. The number of imide groups is 1. The Hall–Kier alpha value is -1.30.